The lowest BCUT2D eigenvalue weighted by Crippen LogP contribution is -2.74. The van der Waals surface area contributed by atoms with Crippen LogP contribution in [-0.2, 0) is 22.3 Å². The van der Waals surface area contributed by atoms with Crippen LogP contribution in [0, 0.1) is 51.8 Å². The zero-order valence-corrected chi connectivity index (χ0v) is 36.3. The van der Waals surface area contributed by atoms with Crippen LogP contribution in [0.5, 0.6) is 5.75 Å². The van der Waals surface area contributed by atoms with Gasteiger partial charge in [0.2, 0.25) is 11.8 Å². The zero-order valence-electron chi connectivity index (χ0n) is 36.3. The Balaban J connectivity index is 0.742. The number of hydrogen-bond acceptors (Lipinski definition) is 8. The summed E-state index contributed by atoms with van der Waals surface area (Å²) in [6, 6.07) is 14.8. The number of anilines is 1. The second kappa shape index (κ2) is 15.8. The topological polar surface area (TPSA) is 140 Å². The third kappa shape index (κ3) is 7.48. The number of amides is 5. The normalized spacial score (nSPS) is 26.0. The minimum atomic E-state index is -4.70. The van der Waals surface area contributed by atoms with Crippen LogP contribution in [0.15, 0.2) is 54.6 Å². The summed E-state index contributed by atoms with van der Waals surface area (Å²) in [5.41, 5.74) is 1.20. The molecule has 2 aliphatic carbocycles. The molecule has 4 fully saturated rings. The average Bonchev–Trinajstić information content (AvgIpc) is 3.68. The number of carbonyl (C=O) groups excluding carboxylic acids is 5. The molecule has 3 aromatic rings. The summed E-state index contributed by atoms with van der Waals surface area (Å²) in [7, 11) is 0. The number of imide groups is 2. The molecule has 3 aromatic carbocycles. The van der Waals surface area contributed by atoms with E-state index >= 15 is 0 Å². The van der Waals surface area contributed by atoms with Crippen molar-refractivity contribution in [2.75, 3.05) is 18.0 Å². The van der Waals surface area contributed by atoms with Gasteiger partial charge < -0.3 is 14.5 Å². The van der Waals surface area contributed by atoms with Crippen LogP contribution in [-0.4, -0.2) is 70.6 Å². The van der Waals surface area contributed by atoms with Gasteiger partial charge in [-0.3, -0.25) is 34.2 Å². The van der Waals surface area contributed by atoms with Crippen molar-refractivity contribution in [1.29, 1.82) is 5.26 Å². The molecule has 14 heteroatoms. The van der Waals surface area contributed by atoms with Crippen molar-refractivity contribution in [3.8, 4) is 23.7 Å². The molecule has 4 aliphatic heterocycles. The van der Waals surface area contributed by atoms with E-state index in [0.717, 1.165) is 85.5 Å². The van der Waals surface area contributed by atoms with Crippen LogP contribution in [0.25, 0.3) is 0 Å². The van der Waals surface area contributed by atoms with E-state index < -0.39 is 63.9 Å². The Labute approximate surface area is 370 Å². The van der Waals surface area contributed by atoms with Gasteiger partial charge in [-0.05, 0) is 111 Å². The van der Waals surface area contributed by atoms with E-state index in [1.54, 1.807) is 18.2 Å². The number of nitriles is 1. The average molecular weight is 874 g/mol. The first-order valence-electron chi connectivity index (χ1n) is 22.2. The standard InChI is InChI=1S/C50H50F3N5O6/c1-48(2)46(49(3,4)47(48)64-35-16-14-32(24-54)39(23-35)50(51,52)53)57-27-33-21-30(13-17-36(33)43(57)61)11-9-28-5-7-29(8-6-28)10-12-31-25-56(26-31)34-15-18-37-38(22-34)45(63)58(44(37)62)40-19-20-41(59)55-42(40)60/h13-18,21-23,28-29,31,40,46-47H,5-8,10,12,19-20,25-27H2,1-4H3,(H,55,59,60). The number of nitrogens with one attached hydrogen (secondary N) is 1. The Morgan fingerprint density at radius 3 is 2.17 bits per heavy atom. The highest BCUT2D eigenvalue weighted by molar-refractivity contribution is 6.23. The van der Waals surface area contributed by atoms with E-state index in [0.29, 0.717) is 35.4 Å². The van der Waals surface area contributed by atoms with Gasteiger partial charge in [-0.1, -0.05) is 46.0 Å². The van der Waals surface area contributed by atoms with E-state index in [9.17, 15) is 42.4 Å². The molecule has 0 aromatic heterocycles. The zero-order chi connectivity index (χ0) is 45.5. The van der Waals surface area contributed by atoms with Gasteiger partial charge in [-0.15, -0.1) is 0 Å². The first-order chi connectivity index (χ1) is 30.3. The van der Waals surface area contributed by atoms with Crippen molar-refractivity contribution in [2.45, 2.75) is 110 Å². The number of halogens is 3. The molecule has 5 amide bonds. The summed E-state index contributed by atoms with van der Waals surface area (Å²) < 4.78 is 47.3. The van der Waals surface area contributed by atoms with Crippen LogP contribution in [0.4, 0.5) is 18.9 Å². The maximum Gasteiger partial charge on any atom is 0.417 e. The third-order valence-electron chi connectivity index (χ3n) is 14.7. The molecule has 0 bridgehead atoms. The van der Waals surface area contributed by atoms with Gasteiger partial charge >= 0.3 is 6.18 Å². The molecular weight excluding hydrogens is 824 g/mol. The van der Waals surface area contributed by atoms with Crippen LogP contribution in [0.3, 0.4) is 0 Å². The largest absolute Gasteiger partial charge is 0.489 e. The van der Waals surface area contributed by atoms with Crippen molar-refractivity contribution in [2.24, 2.45) is 28.6 Å². The quantitative estimate of drug-likeness (QED) is 0.178. The highest BCUT2D eigenvalue weighted by Crippen LogP contribution is 2.59. The Bertz CT molecular complexity index is 2570. The molecule has 1 unspecified atom stereocenters. The van der Waals surface area contributed by atoms with Crippen molar-refractivity contribution in [3.63, 3.8) is 0 Å². The lowest BCUT2D eigenvalue weighted by Gasteiger charge is -2.65. The van der Waals surface area contributed by atoms with E-state index in [2.05, 4.69) is 22.1 Å². The molecule has 64 heavy (non-hydrogen) atoms. The number of benzene rings is 3. The van der Waals surface area contributed by atoms with Crippen molar-refractivity contribution >= 4 is 35.2 Å². The van der Waals surface area contributed by atoms with Crippen LogP contribution in [0.2, 0.25) is 0 Å². The van der Waals surface area contributed by atoms with Crippen LogP contribution >= 0.6 is 0 Å². The molecule has 332 valence electrons. The van der Waals surface area contributed by atoms with Gasteiger partial charge in [0, 0.05) is 65.7 Å². The number of nitrogens with zero attached hydrogens (tertiary/aromatic N) is 4. The molecule has 6 aliphatic rings. The van der Waals surface area contributed by atoms with Crippen LogP contribution < -0.4 is 15.0 Å². The summed E-state index contributed by atoms with van der Waals surface area (Å²) in [5, 5.41) is 11.4. The third-order valence-corrected chi connectivity index (χ3v) is 14.7. The first-order valence-corrected chi connectivity index (χ1v) is 22.2. The van der Waals surface area contributed by atoms with Gasteiger partial charge in [0.1, 0.15) is 17.9 Å². The predicted molar refractivity (Wildman–Crippen MR) is 229 cm³/mol. The Morgan fingerprint density at radius 1 is 0.797 bits per heavy atom. The molecule has 2 saturated carbocycles. The van der Waals surface area contributed by atoms with Crippen molar-refractivity contribution in [3.05, 3.63) is 93.5 Å². The van der Waals surface area contributed by atoms with Crippen molar-refractivity contribution in [1.82, 2.24) is 15.1 Å². The monoisotopic (exact) mass is 873 g/mol. The molecule has 2 saturated heterocycles. The molecule has 0 radical (unpaired) electrons. The number of ether oxygens (including phenoxy) is 1. The smallest absolute Gasteiger partial charge is 0.417 e. The summed E-state index contributed by atoms with van der Waals surface area (Å²) in [6.07, 6.45) is 1.62. The molecule has 1 atom stereocenters. The number of hydrogen-bond donors (Lipinski definition) is 1. The first kappa shape index (κ1) is 43.1. The van der Waals surface area contributed by atoms with Gasteiger partial charge in [0.15, 0.2) is 0 Å². The van der Waals surface area contributed by atoms with Crippen molar-refractivity contribution < 1.29 is 41.9 Å². The van der Waals surface area contributed by atoms with E-state index in [-0.39, 0.29) is 36.1 Å². The molecular formula is C50H50F3N5O6. The number of piperidine rings is 1. The Morgan fingerprint density at radius 2 is 1.48 bits per heavy atom. The Kier molecular flexibility index (Phi) is 10.7. The number of rotatable bonds is 8. The van der Waals surface area contributed by atoms with Gasteiger partial charge in [0.25, 0.3) is 17.7 Å². The molecule has 4 heterocycles. The number of fused-ring (bicyclic) bond motifs is 2. The molecule has 1 N–H and O–H groups in total. The highest BCUT2D eigenvalue weighted by atomic mass is 19.4. The highest BCUT2D eigenvalue weighted by Gasteiger charge is 2.67. The second-order valence-corrected chi connectivity index (χ2v) is 19.7. The lowest BCUT2D eigenvalue weighted by atomic mass is 9.49. The van der Waals surface area contributed by atoms with Gasteiger partial charge in [-0.2, -0.15) is 18.4 Å². The predicted octanol–water partition coefficient (Wildman–Crippen LogP) is 7.89. The Hall–Kier alpha value is -6.15. The SMILES string of the molecule is CC1(C)C(Oc2ccc(C#N)c(C(F)(F)F)c2)C(C)(C)C1N1Cc2cc(C#CC3CCC(CCC4CN(c5ccc6c(c5)C(=O)N(C5CCC(=O)NC5=O)C6=O)C4)CC3)ccc2C1=O. The summed E-state index contributed by atoms with van der Waals surface area (Å²) >= 11 is 0. The summed E-state index contributed by atoms with van der Waals surface area (Å²) in [5.74, 6) is 6.34. The van der Waals surface area contributed by atoms with Gasteiger partial charge in [0.05, 0.1) is 28.3 Å². The fourth-order valence-electron chi connectivity index (χ4n) is 11.8. The van der Waals surface area contributed by atoms with E-state index in [1.165, 1.54) is 6.07 Å². The molecule has 9 rings (SSSR count). The summed E-state index contributed by atoms with van der Waals surface area (Å²) in [4.78, 5) is 69.3. The minimum absolute atomic E-state index is 0.0317. The molecule has 0 spiro atoms. The van der Waals surface area contributed by atoms with E-state index in [4.69, 9.17) is 4.74 Å². The molecule has 11 nitrogen and oxygen atoms in total. The fraction of sp³-hybridized carbons (Fsp3) is 0.480. The lowest BCUT2D eigenvalue weighted by molar-refractivity contribution is -0.199. The minimum Gasteiger partial charge on any atom is -0.489 e. The maximum absolute atomic E-state index is 13.8. The summed E-state index contributed by atoms with van der Waals surface area (Å²) in [6.45, 7) is 10.1. The number of alkyl halides is 3. The second-order valence-electron chi connectivity index (χ2n) is 19.7. The van der Waals surface area contributed by atoms with Crippen LogP contribution in [0.1, 0.15) is 132 Å². The maximum atomic E-state index is 13.8. The van der Waals surface area contributed by atoms with Gasteiger partial charge in [-0.25, -0.2) is 0 Å². The fourth-order valence-corrected chi connectivity index (χ4v) is 11.8. The number of carbonyl (C=O) groups is 5. The van der Waals surface area contributed by atoms with E-state index in [1.807, 2.05) is 56.9 Å².